The summed E-state index contributed by atoms with van der Waals surface area (Å²) in [7, 11) is -3.67. The van der Waals surface area contributed by atoms with Crippen LogP contribution in [0.25, 0.3) is 0 Å². The molecule has 0 aromatic carbocycles. The van der Waals surface area contributed by atoms with Gasteiger partial charge in [0, 0.05) is 31.1 Å². The summed E-state index contributed by atoms with van der Waals surface area (Å²) in [6.45, 7) is 5.34. The van der Waals surface area contributed by atoms with Crippen molar-refractivity contribution < 1.29 is 18.3 Å². The minimum absolute atomic E-state index is 0.281. The number of hydrogen-bond acceptors (Lipinski definition) is 4. The molecule has 0 aromatic heterocycles. The molecule has 2 saturated heterocycles. The maximum absolute atomic E-state index is 12.7. The minimum Gasteiger partial charge on any atom is -0.480 e. The van der Waals surface area contributed by atoms with Crippen LogP contribution >= 0.6 is 11.8 Å². The lowest BCUT2D eigenvalue weighted by Gasteiger charge is -2.40. The quantitative estimate of drug-likeness (QED) is 0.828. The van der Waals surface area contributed by atoms with Crippen molar-refractivity contribution in [2.75, 3.05) is 31.1 Å². The van der Waals surface area contributed by atoms with Crippen molar-refractivity contribution in [3.8, 4) is 0 Å². The fraction of sp³-hybridized carbons (Fsp3) is 0.917. The number of hydrogen-bond donors (Lipinski definition) is 1. The molecule has 2 aliphatic heterocycles. The fourth-order valence-corrected chi connectivity index (χ4v) is 6.24. The highest BCUT2D eigenvalue weighted by atomic mass is 32.2. The van der Waals surface area contributed by atoms with Gasteiger partial charge in [-0.15, -0.1) is 0 Å². The van der Waals surface area contributed by atoms with Crippen molar-refractivity contribution >= 4 is 27.9 Å². The predicted molar refractivity (Wildman–Crippen MR) is 78.9 cm³/mol. The molecule has 3 unspecified atom stereocenters. The number of aliphatic carboxylic acids is 1. The van der Waals surface area contributed by atoms with E-state index in [0.717, 1.165) is 6.42 Å². The molecule has 0 bridgehead atoms. The van der Waals surface area contributed by atoms with Crippen molar-refractivity contribution in [2.45, 2.75) is 26.3 Å². The summed E-state index contributed by atoms with van der Waals surface area (Å²) < 4.78 is 28.1. The van der Waals surface area contributed by atoms with Crippen molar-refractivity contribution in [1.82, 2.24) is 8.61 Å². The molecule has 2 rings (SSSR count). The van der Waals surface area contributed by atoms with Crippen LogP contribution in [0, 0.1) is 11.8 Å². The summed E-state index contributed by atoms with van der Waals surface area (Å²) in [6, 6.07) is -0.939. The van der Waals surface area contributed by atoms with Gasteiger partial charge in [-0.25, -0.2) is 0 Å². The number of carbonyl (C=O) groups is 1. The van der Waals surface area contributed by atoms with Gasteiger partial charge < -0.3 is 5.11 Å². The second kappa shape index (κ2) is 6.21. The Morgan fingerprint density at radius 2 is 1.85 bits per heavy atom. The average molecular weight is 322 g/mol. The van der Waals surface area contributed by atoms with Crippen LogP contribution in [0.2, 0.25) is 0 Å². The second-order valence-electron chi connectivity index (χ2n) is 5.81. The number of rotatable bonds is 3. The molecule has 20 heavy (non-hydrogen) atoms. The maximum Gasteiger partial charge on any atom is 0.322 e. The largest absolute Gasteiger partial charge is 0.480 e. The molecule has 1 N–H and O–H groups in total. The average Bonchev–Trinajstić information content (AvgIpc) is 2.37. The lowest BCUT2D eigenvalue weighted by Crippen LogP contribution is -2.57. The first-order valence-corrected chi connectivity index (χ1v) is 9.45. The van der Waals surface area contributed by atoms with E-state index in [0.29, 0.717) is 36.4 Å². The molecule has 0 aromatic rings. The number of piperidine rings is 1. The van der Waals surface area contributed by atoms with Crippen LogP contribution in [-0.4, -0.2) is 65.3 Å². The van der Waals surface area contributed by atoms with E-state index in [4.69, 9.17) is 0 Å². The summed E-state index contributed by atoms with van der Waals surface area (Å²) >= 11 is 1.49. The smallest absolute Gasteiger partial charge is 0.322 e. The third kappa shape index (κ3) is 3.29. The molecule has 0 amide bonds. The molecule has 0 saturated carbocycles. The molecular formula is C12H22N2O4S2. The summed E-state index contributed by atoms with van der Waals surface area (Å²) in [5.41, 5.74) is 0. The first-order chi connectivity index (χ1) is 9.32. The summed E-state index contributed by atoms with van der Waals surface area (Å²) in [4.78, 5) is 11.3. The first kappa shape index (κ1) is 16.1. The van der Waals surface area contributed by atoms with Crippen LogP contribution in [0.3, 0.4) is 0 Å². The van der Waals surface area contributed by atoms with Crippen molar-refractivity contribution in [2.24, 2.45) is 11.8 Å². The van der Waals surface area contributed by atoms with Crippen LogP contribution in [0.1, 0.15) is 20.3 Å². The Morgan fingerprint density at radius 1 is 1.25 bits per heavy atom. The Bertz CT molecular complexity index is 458. The molecule has 3 atom stereocenters. The predicted octanol–water partition coefficient (Wildman–Crippen LogP) is 0.711. The van der Waals surface area contributed by atoms with Crippen LogP contribution in [0.5, 0.6) is 0 Å². The number of carboxylic acid groups (broad SMARTS) is 1. The Labute approximate surface area is 124 Å². The van der Waals surface area contributed by atoms with E-state index >= 15 is 0 Å². The Kier molecular flexibility index (Phi) is 4.99. The van der Waals surface area contributed by atoms with Crippen LogP contribution in [0.15, 0.2) is 0 Å². The summed E-state index contributed by atoms with van der Waals surface area (Å²) in [5, 5.41) is 9.24. The second-order valence-corrected chi connectivity index (χ2v) is 8.84. The normalized spacial score (nSPS) is 34.0. The van der Waals surface area contributed by atoms with E-state index < -0.39 is 22.2 Å². The van der Waals surface area contributed by atoms with E-state index in [2.05, 4.69) is 0 Å². The van der Waals surface area contributed by atoms with E-state index in [1.165, 1.54) is 20.4 Å². The highest BCUT2D eigenvalue weighted by Crippen LogP contribution is 2.28. The van der Waals surface area contributed by atoms with Gasteiger partial charge in [-0.3, -0.25) is 4.79 Å². The van der Waals surface area contributed by atoms with Gasteiger partial charge in [0.2, 0.25) is 0 Å². The Balaban J connectivity index is 2.21. The number of thioether (sulfide) groups is 1. The molecule has 0 aliphatic carbocycles. The lowest BCUT2D eigenvalue weighted by atomic mass is 9.94. The molecule has 0 spiro atoms. The van der Waals surface area contributed by atoms with E-state index in [1.54, 1.807) is 0 Å². The lowest BCUT2D eigenvalue weighted by molar-refractivity contribution is -0.140. The highest BCUT2D eigenvalue weighted by molar-refractivity contribution is 7.99. The zero-order valence-electron chi connectivity index (χ0n) is 11.9. The third-order valence-electron chi connectivity index (χ3n) is 3.82. The van der Waals surface area contributed by atoms with Gasteiger partial charge in [-0.1, -0.05) is 13.8 Å². The van der Waals surface area contributed by atoms with Gasteiger partial charge in [0.25, 0.3) is 10.2 Å². The molecule has 6 nitrogen and oxygen atoms in total. The van der Waals surface area contributed by atoms with Gasteiger partial charge in [0.15, 0.2) is 0 Å². The van der Waals surface area contributed by atoms with Crippen LogP contribution in [0.4, 0.5) is 0 Å². The number of carboxylic acids is 1. The van der Waals surface area contributed by atoms with Crippen molar-refractivity contribution in [3.05, 3.63) is 0 Å². The van der Waals surface area contributed by atoms with Gasteiger partial charge in [0.1, 0.15) is 6.04 Å². The van der Waals surface area contributed by atoms with Crippen molar-refractivity contribution in [3.63, 3.8) is 0 Å². The third-order valence-corrected chi connectivity index (χ3v) is 6.83. The van der Waals surface area contributed by atoms with Crippen molar-refractivity contribution in [1.29, 1.82) is 0 Å². The monoisotopic (exact) mass is 322 g/mol. The van der Waals surface area contributed by atoms with Gasteiger partial charge in [-0.05, 0) is 18.3 Å². The molecule has 2 heterocycles. The molecular weight excluding hydrogens is 300 g/mol. The SMILES string of the molecule is CC1CC(C)CN(S(=O)(=O)N2CCSCC2C(=O)O)C1. The van der Waals surface area contributed by atoms with Gasteiger partial charge >= 0.3 is 5.97 Å². The highest BCUT2D eigenvalue weighted by Gasteiger charge is 2.42. The molecule has 2 aliphatic rings. The zero-order chi connectivity index (χ0) is 14.9. The van der Waals surface area contributed by atoms with Crippen LogP contribution in [-0.2, 0) is 15.0 Å². The Hall–Kier alpha value is -0.310. The fourth-order valence-electron chi connectivity index (χ4n) is 3.00. The molecule has 116 valence electrons. The standard InChI is InChI=1S/C12H22N2O4S2/c1-9-5-10(2)7-13(6-9)20(17,18)14-3-4-19-8-11(14)12(15)16/h9-11H,3-8H2,1-2H3,(H,15,16). The number of nitrogens with zero attached hydrogens (tertiary/aromatic N) is 2. The minimum atomic E-state index is -3.67. The first-order valence-electron chi connectivity index (χ1n) is 6.90. The Morgan fingerprint density at radius 3 is 2.40 bits per heavy atom. The maximum atomic E-state index is 12.7. The molecule has 2 fully saturated rings. The topological polar surface area (TPSA) is 77.9 Å². The van der Waals surface area contributed by atoms with Gasteiger partial charge in [0.05, 0.1) is 0 Å². The zero-order valence-corrected chi connectivity index (χ0v) is 13.5. The van der Waals surface area contributed by atoms with E-state index in [-0.39, 0.29) is 6.54 Å². The summed E-state index contributed by atoms with van der Waals surface area (Å²) in [6.07, 6.45) is 1.02. The van der Waals surface area contributed by atoms with E-state index in [1.807, 2.05) is 13.8 Å². The summed E-state index contributed by atoms with van der Waals surface area (Å²) in [5.74, 6) is 0.556. The molecule has 0 radical (unpaired) electrons. The van der Waals surface area contributed by atoms with Crippen LogP contribution < -0.4 is 0 Å². The van der Waals surface area contributed by atoms with E-state index in [9.17, 15) is 18.3 Å². The van der Waals surface area contributed by atoms with Gasteiger partial charge in [-0.2, -0.15) is 28.8 Å². The molecule has 8 heteroatoms.